The molecule has 1 aromatic heterocycles. The average molecular weight is 260 g/mol. The van der Waals surface area contributed by atoms with Crippen LogP contribution in [-0.2, 0) is 13.6 Å². The molecule has 0 spiro atoms. The van der Waals surface area contributed by atoms with E-state index in [0.717, 1.165) is 16.9 Å². The summed E-state index contributed by atoms with van der Waals surface area (Å²) in [6, 6.07) is 4.82. The molecular weight excluding hydrogens is 244 g/mol. The first-order valence-electron chi connectivity index (χ1n) is 5.83. The van der Waals surface area contributed by atoms with Crippen LogP contribution in [0.5, 0.6) is 0 Å². The number of nitrogens with zero attached hydrogens (tertiary/aromatic N) is 2. The summed E-state index contributed by atoms with van der Waals surface area (Å²) < 4.78 is 1.76. The van der Waals surface area contributed by atoms with Crippen molar-refractivity contribution in [2.24, 2.45) is 7.05 Å². The smallest absolute Gasteiger partial charge is 0.337 e. The molecular formula is C13H16N4O2. The standard InChI is InChI=1S/C13H16N4O2/c1-8-9(7-17(2)16-8)6-15-10-3-4-11(13(18)19)12(14)5-10/h3-5,7,15H,6,14H2,1-2H3,(H,18,19). The van der Waals surface area contributed by atoms with Crippen LogP contribution in [0.1, 0.15) is 21.6 Å². The minimum Gasteiger partial charge on any atom is -0.478 e. The van der Waals surface area contributed by atoms with Gasteiger partial charge in [0, 0.05) is 36.7 Å². The second-order valence-electron chi connectivity index (χ2n) is 4.37. The first-order chi connectivity index (χ1) is 8.97. The number of anilines is 2. The fourth-order valence-corrected chi connectivity index (χ4v) is 1.89. The zero-order valence-corrected chi connectivity index (χ0v) is 10.8. The lowest BCUT2D eigenvalue weighted by molar-refractivity contribution is 0.0698. The fraction of sp³-hybridized carbons (Fsp3) is 0.231. The molecule has 1 aromatic carbocycles. The van der Waals surface area contributed by atoms with Crippen molar-refractivity contribution < 1.29 is 9.90 Å². The van der Waals surface area contributed by atoms with E-state index in [0.29, 0.717) is 6.54 Å². The van der Waals surface area contributed by atoms with Gasteiger partial charge in [-0.1, -0.05) is 0 Å². The largest absolute Gasteiger partial charge is 0.478 e. The van der Waals surface area contributed by atoms with E-state index in [4.69, 9.17) is 10.8 Å². The van der Waals surface area contributed by atoms with Crippen molar-refractivity contribution in [3.63, 3.8) is 0 Å². The van der Waals surface area contributed by atoms with Gasteiger partial charge in [0.2, 0.25) is 0 Å². The highest BCUT2D eigenvalue weighted by Gasteiger charge is 2.08. The van der Waals surface area contributed by atoms with Crippen LogP contribution in [-0.4, -0.2) is 20.9 Å². The monoisotopic (exact) mass is 260 g/mol. The summed E-state index contributed by atoms with van der Waals surface area (Å²) in [7, 11) is 1.87. The number of carboxylic acids is 1. The normalized spacial score (nSPS) is 10.4. The number of nitrogens with one attached hydrogen (secondary N) is 1. The van der Waals surface area contributed by atoms with E-state index in [1.54, 1.807) is 16.8 Å². The third-order valence-corrected chi connectivity index (χ3v) is 2.88. The molecule has 4 N–H and O–H groups in total. The number of benzene rings is 1. The van der Waals surface area contributed by atoms with Gasteiger partial charge < -0.3 is 16.2 Å². The Morgan fingerprint density at radius 3 is 2.79 bits per heavy atom. The predicted molar refractivity (Wildman–Crippen MR) is 73.1 cm³/mol. The molecule has 2 aromatic rings. The van der Waals surface area contributed by atoms with Gasteiger partial charge in [-0.3, -0.25) is 4.68 Å². The van der Waals surface area contributed by atoms with Crippen molar-refractivity contribution >= 4 is 17.3 Å². The Bertz CT molecular complexity index is 619. The fourth-order valence-electron chi connectivity index (χ4n) is 1.89. The lowest BCUT2D eigenvalue weighted by Crippen LogP contribution is -2.05. The number of aromatic carboxylic acids is 1. The lowest BCUT2D eigenvalue weighted by atomic mass is 10.1. The molecule has 0 saturated carbocycles. The van der Waals surface area contributed by atoms with E-state index in [-0.39, 0.29) is 11.3 Å². The van der Waals surface area contributed by atoms with Gasteiger partial charge in [-0.05, 0) is 25.1 Å². The third kappa shape index (κ3) is 2.85. The van der Waals surface area contributed by atoms with Crippen LogP contribution in [0, 0.1) is 6.92 Å². The Kier molecular flexibility index (Phi) is 3.41. The van der Waals surface area contributed by atoms with E-state index in [1.165, 1.54) is 6.07 Å². The minimum atomic E-state index is -1.02. The summed E-state index contributed by atoms with van der Waals surface area (Å²) in [5.74, 6) is -1.02. The maximum absolute atomic E-state index is 10.8. The van der Waals surface area contributed by atoms with E-state index < -0.39 is 5.97 Å². The van der Waals surface area contributed by atoms with Crippen molar-refractivity contribution in [1.82, 2.24) is 9.78 Å². The quantitative estimate of drug-likeness (QED) is 0.726. The second-order valence-corrected chi connectivity index (χ2v) is 4.37. The zero-order valence-electron chi connectivity index (χ0n) is 10.8. The summed E-state index contributed by atoms with van der Waals surface area (Å²) in [6.45, 7) is 2.56. The number of aromatic nitrogens is 2. The van der Waals surface area contributed by atoms with E-state index in [2.05, 4.69) is 10.4 Å². The van der Waals surface area contributed by atoms with Crippen LogP contribution in [0.15, 0.2) is 24.4 Å². The van der Waals surface area contributed by atoms with E-state index in [9.17, 15) is 4.79 Å². The topological polar surface area (TPSA) is 93.2 Å². The number of aryl methyl sites for hydroxylation is 2. The number of hydrogen-bond acceptors (Lipinski definition) is 4. The van der Waals surface area contributed by atoms with Crippen LogP contribution in [0.2, 0.25) is 0 Å². The summed E-state index contributed by atoms with van der Waals surface area (Å²) >= 11 is 0. The summed E-state index contributed by atoms with van der Waals surface area (Å²) in [6.07, 6.45) is 1.94. The number of rotatable bonds is 4. The number of carboxylic acid groups (broad SMARTS) is 1. The maximum Gasteiger partial charge on any atom is 0.337 e. The molecule has 1 heterocycles. The molecule has 0 fully saturated rings. The molecule has 0 atom stereocenters. The van der Waals surface area contributed by atoms with Gasteiger partial charge in [0.25, 0.3) is 0 Å². The summed E-state index contributed by atoms with van der Waals surface area (Å²) in [4.78, 5) is 10.8. The molecule has 0 amide bonds. The Morgan fingerprint density at radius 2 is 2.26 bits per heavy atom. The number of nitrogen functional groups attached to an aromatic ring is 1. The third-order valence-electron chi connectivity index (χ3n) is 2.88. The first-order valence-corrected chi connectivity index (χ1v) is 5.83. The van der Waals surface area contributed by atoms with Crippen LogP contribution in [0.3, 0.4) is 0 Å². The van der Waals surface area contributed by atoms with E-state index in [1.807, 2.05) is 20.2 Å². The van der Waals surface area contributed by atoms with E-state index >= 15 is 0 Å². The van der Waals surface area contributed by atoms with Crippen molar-refractivity contribution in [2.45, 2.75) is 13.5 Å². The zero-order chi connectivity index (χ0) is 14.0. The molecule has 0 aliphatic heterocycles. The summed E-state index contributed by atoms with van der Waals surface area (Å²) in [5, 5.41) is 16.3. The Hall–Kier alpha value is -2.50. The number of nitrogens with two attached hydrogens (primary N) is 1. The van der Waals surface area contributed by atoms with Crippen molar-refractivity contribution in [2.75, 3.05) is 11.1 Å². The molecule has 0 aliphatic rings. The minimum absolute atomic E-state index is 0.114. The van der Waals surface area contributed by atoms with Crippen LogP contribution in [0.25, 0.3) is 0 Å². The molecule has 0 radical (unpaired) electrons. The van der Waals surface area contributed by atoms with Gasteiger partial charge in [-0.15, -0.1) is 0 Å². The summed E-state index contributed by atoms with van der Waals surface area (Å²) in [5.41, 5.74) is 8.89. The van der Waals surface area contributed by atoms with Crippen molar-refractivity contribution in [1.29, 1.82) is 0 Å². The molecule has 6 nitrogen and oxygen atoms in total. The maximum atomic E-state index is 10.8. The lowest BCUT2D eigenvalue weighted by Gasteiger charge is -2.08. The van der Waals surface area contributed by atoms with Crippen molar-refractivity contribution in [3.8, 4) is 0 Å². The Labute approximate surface area is 110 Å². The average Bonchev–Trinajstić information content (AvgIpc) is 2.65. The molecule has 19 heavy (non-hydrogen) atoms. The van der Waals surface area contributed by atoms with Crippen LogP contribution in [0.4, 0.5) is 11.4 Å². The molecule has 0 aliphatic carbocycles. The van der Waals surface area contributed by atoms with Gasteiger partial charge in [0.15, 0.2) is 0 Å². The highest BCUT2D eigenvalue weighted by molar-refractivity contribution is 5.94. The molecule has 2 rings (SSSR count). The van der Waals surface area contributed by atoms with Gasteiger partial charge in [0.05, 0.1) is 11.3 Å². The molecule has 6 heteroatoms. The van der Waals surface area contributed by atoms with Gasteiger partial charge >= 0.3 is 5.97 Å². The SMILES string of the molecule is Cc1nn(C)cc1CNc1ccc(C(=O)O)c(N)c1. The van der Waals surface area contributed by atoms with Gasteiger partial charge in [-0.2, -0.15) is 5.10 Å². The first kappa shape index (κ1) is 12.9. The van der Waals surface area contributed by atoms with Crippen LogP contribution < -0.4 is 11.1 Å². The highest BCUT2D eigenvalue weighted by atomic mass is 16.4. The molecule has 0 unspecified atom stereocenters. The van der Waals surface area contributed by atoms with Gasteiger partial charge in [-0.25, -0.2) is 4.79 Å². The Morgan fingerprint density at radius 1 is 1.53 bits per heavy atom. The number of hydrogen-bond donors (Lipinski definition) is 3. The molecule has 0 bridgehead atoms. The molecule has 100 valence electrons. The van der Waals surface area contributed by atoms with Crippen LogP contribution >= 0.6 is 0 Å². The number of carbonyl (C=O) groups is 1. The van der Waals surface area contributed by atoms with Gasteiger partial charge in [0.1, 0.15) is 0 Å². The molecule has 0 saturated heterocycles. The Balaban J connectivity index is 2.10. The van der Waals surface area contributed by atoms with Crippen molar-refractivity contribution in [3.05, 3.63) is 41.2 Å². The second kappa shape index (κ2) is 5.01. The predicted octanol–water partition coefficient (Wildman–Crippen LogP) is 1.62. The highest BCUT2D eigenvalue weighted by Crippen LogP contribution is 2.19.